The maximum Gasteiger partial charge on any atom is 0.251 e. The number of amides is 1. The van der Waals surface area contributed by atoms with Crippen LogP contribution in [0.15, 0.2) is 59.5 Å². The highest BCUT2D eigenvalue weighted by Crippen LogP contribution is 2.23. The van der Waals surface area contributed by atoms with E-state index in [1.807, 2.05) is 30.3 Å². The van der Waals surface area contributed by atoms with Gasteiger partial charge in [-0.1, -0.05) is 44.2 Å². The van der Waals surface area contributed by atoms with E-state index < -0.39 is 10.0 Å². The van der Waals surface area contributed by atoms with Gasteiger partial charge in [-0.2, -0.15) is 0 Å². The number of carbonyl (C=O) groups is 1. The monoisotopic (exact) mass is 372 g/mol. The molecule has 0 saturated heterocycles. The van der Waals surface area contributed by atoms with Gasteiger partial charge in [0.2, 0.25) is 10.0 Å². The summed E-state index contributed by atoms with van der Waals surface area (Å²) in [4.78, 5) is 12.8. The van der Waals surface area contributed by atoms with E-state index in [0.29, 0.717) is 5.56 Å². The fourth-order valence-corrected chi connectivity index (χ4v) is 4.10. The second-order valence-electron chi connectivity index (χ2n) is 7.03. The zero-order valence-corrected chi connectivity index (χ0v) is 15.8. The largest absolute Gasteiger partial charge is 0.345 e. The Hall–Kier alpha value is -2.18. The maximum absolute atomic E-state index is 12.6. The average molecular weight is 372 g/mol. The first kappa shape index (κ1) is 18.6. The van der Waals surface area contributed by atoms with E-state index in [2.05, 4.69) is 23.9 Å². The van der Waals surface area contributed by atoms with Crippen molar-refractivity contribution < 1.29 is 13.2 Å². The summed E-state index contributed by atoms with van der Waals surface area (Å²) in [5, 5.41) is 3.05. The van der Waals surface area contributed by atoms with Gasteiger partial charge in [0.25, 0.3) is 5.91 Å². The number of nitrogens with one attached hydrogen (secondary N) is 2. The summed E-state index contributed by atoms with van der Waals surface area (Å²) < 4.78 is 27.0. The summed E-state index contributed by atoms with van der Waals surface area (Å²) >= 11 is 0. The zero-order chi connectivity index (χ0) is 18.7. The highest BCUT2D eigenvalue weighted by molar-refractivity contribution is 7.89. The quantitative estimate of drug-likeness (QED) is 0.783. The van der Waals surface area contributed by atoms with E-state index >= 15 is 0 Å². The van der Waals surface area contributed by atoms with Crippen molar-refractivity contribution in [3.05, 3.63) is 65.7 Å². The summed E-state index contributed by atoms with van der Waals surface area (Å²) in [6, 6.07) is 15.8. The fourth-order valence-electron chi connectivity index (χ4n) is 2.79. The van der Waals surface area contributed by atoms with E-state index in [4.69, 9.17) is 0 Å². The highest BCUT2D eigenvalue weighted by atomic mass is 32.2. The third kappa shape index (κ3) is 4.51. The SMILES string of the molecule is CC(C)[C@@H](NC(=O)c1ccc(S(=O)(=O)NC2CC2)cc1)c1ccccc1. The molecule has 0 aliphatic heterocycles. The molecule has 1 atom stereocenters. The maximum atomic E-state index is 12.6. The Labute approximate surface area is 154 Å². The molecule has 0 unspecified atom stereocenters. The van der Waals surface area contributed by atoms with Crippen LogP contribution >= 0.6 is 0 Å². The third-order valence-electron chi connectivity index (χ3n) is 4.44. The Morgan fingerprint density at radius 3 is 2.15 bits per heavy atom. The van der Waals surface area contributed by atoms with Crippen molar-refractivity contribution in [3.63, 3.8) is 0 Å². The van der Waals surface area contributed by atoms with Gasteiger partial charge in [0.15, 0.2) is 0 Å². The van der Waals surface area contributed by atoms with Gasteiger partial charge in [-0.3, -0.25) is 4.79 Å². The van der Waals surface area contributed by atoms with Gasteiger partial charge in [0, 0.05) is 11.6 Å². The van der Waals surface area contributed by atoms with Gasteiger partial charge < -0.3 is 5.32 Å². The molecule has 138 valence electrons. The lowest BCUT2D eigenvalue weighted by atomic mass is 9.95. The lowest BCUT2D eigenvalue weighted by Gasteiger charge is -2.23. The molecule has 0 heterocycles. The van der Waals surface area contributed by atoms with Crippen molar-refractivity contribution in [2.75, 3.05) is 0 Å². The van der Waals surface area contributed by atoms with Crippen molar-refractivity contribution in [1.29, 1.82) is 0 Å². The first-order valence-corrected chi connectivity index (χ1v) is 10.3. The van der Waals surface area contributed by atoms with Gasteiger partial charge in [-0.05, 0) is 48.6 Å². The fraction of sp³-hybridized carbons (Fsp3) is 0.350. The number of rotatable bonds is 7. The van der Waals surface area contributed by atoms with Gasteiger partial charge >= 0.3 is 0 Å². The predicted octanol–water partition coefficient (Wildman–Crippen LogP) is 3.25. The standard InChI is InChI=1S/C20H24N2O3S/c1-14(2)19(15-6-4-3-5-7-15)21-20(23)16-8-12-18(13-9-16)26(24,25)22-17-10-11-17/h3-9,12-14,17,19,22H,10-11H2,1-2H3,(H,21,23)/t19-/m1/s1. The Morgan fingerprint density at radius 1 is 1.00 bits per heavy atom. The van der Waals surface area contributed by atoms with Crippen molar-refractivity contribution in [1.82, 2.24) is 10.0 Å². The second-order valence-corrected chi connectivity index (χ2v) is 8.74. The van der Waals surface area contributed by atoms with Gasteiger partial charge in [-0.15, -0.1) is 0 Å². The van der Waals surface area contributed by atoms with E-state index in [-0.39, 0.29) is 28.8 Å². The number of sulfonamides is 1. The number of benzene rings is 2. The Balaban J connectivity index is 1.73. The molecule has 0 spiro atoms. The number of hydrogen-bond donors (Lipinski definition) is 2. The smallest absolute Gasteiger partial charge is 0.251 e. The van der Waals surface area contributed by atoms with E-state index in [0.717, 1.165) is 18.4 Å². The minimum Gasteiger partial charge on any atom is -0.345 e. The molecule has 1 aliphatic carbocycles. The molecule has 3 rings (SSSR count). The minimum absolute atomic E-state index is 0.0562. The van der Waals surface area contributed by atoms with Gasteiger partial charge in [0.05, 0.1) is 10.9 Å². The van der Waals surface area contributed by atoms with Crippen molar-refractivity contribution >= 4 is 15.9 Å². The van der Waals surface area contributed by atoms with Crippen LogP contribution in [-0.2, 0) is 10.0 Å². The topological polar surface area (TPSA) is 75.3 Å². The van der Waals surface area contributed by atoms with Gasteiger partial charge in [-0.25, -0.2) is 13.1 Å². The molecule has 0 radical (unpaired) electrons. The Kier molecular flexibility index (Phi) is 5.44. The van der Waals surface area contributed by atoms with Crippen LogP contribution in [0.3, 0.4) is 0 Å². The van der Waals surface area contributed by atoms with Crippen LogP contribution < -0.4 is 10.0 Å². The summed E-state index contributed by atoms with van der Waals surface area (Å²) in [5.41, 5.74) is 1.49. The van der Waals surface area contributed by atoms with E-state index in [1.165, 1.54) is 12.1 Å². The molecular weight excluding hydrogens is 348 g/mol. The van der Waals surface area contributed by atoms with E-state index in [9.17, 15) is 13.2 Å². The molecule has 1 saturated carbocycles. The second kappa shape index (κ2) is 7.60. The Morgan fingerprint density at radius 2 is 1.62 bits per heavy atom. The van der Waals surface area contributed by atoms with Crippen molar-refractivity contribution in [2.45, 2.75) is 43.7 Å². The van der Waals surface area contributed by atoms with Crippen LogP contribution in [0.2, 0.25) is 0 Å². The number of carbonyl (C=O) groups excluding carboxylic acids is 1. The minimum atomic E-state index is -3.50. The number of hydrogen-bond acceptors (Lipinski definition) is 3. The molecule has 2 aromatic carbocycles. The van der Waals surface area contributed by atoms with Crippen molar-refractivity contribution in [3.8, 4) is 0 Å². The summed E-state index contributed by atoms with van der Waals surface area (Å²) in [7, 11) is -3.50. The molecule has 2 aromatic rings. The van der Waals surface area contributed by atoms with E-state index in [1.54, 1.807) is 12.1 Å². The van der Waals surface area contributed by atoms with Crippen LogP contribution in [0.5, 0.6) is 0 Å². The molecule has 6 heteroatoms. The summed E-state index contributed by atoms with van der Waals surface area (Å²) in [6.07, 6.45) is 1.77. The van der Waals surface area contributed by atoms with Crippen LogP contribution in [0, 0.1) is 5.92 Å². The van der Waals surface area contributed by atoms with Gasteiger partial charge in [0.1, 0.15) is 0 Å². The van der Waals surface area contributed by atoms with Crippen LogP contribution in [0.25, 0.3) is 0 Å². The highest BCUT2D eigenvalue weighted by Gasteiger charge is 2.28. The first-order chi connectivity index (χ1) is 12.4. The summed E-state index contributed by atoms with van der Waals surface area (Å²) in [6.45, 7) is 4.11. The predicted molar refractivity (Wildman–Crippen MR) is 101 cm³/mol. The molecule has 2 N–H and O–H groups in total. The molecule has 26 heavy (non-hydrogen) atoms. The first-order valence-electron chi connectivity index (χ1n) is 8.85. The lowest BCUT2D eigenvalue weighted by molar-refractivity contribution is 0.0925. The average Bonchev–Trinajstić information content (AvgIpc) is 3.43. The Bertz CT molecular complexity index is 858. The van der Waals surface area contributed by atoms with Crippen LogP contribution in [0.1, 0.15) is 48.7 Å². The molecular formula is C20H24N2O3S. The summed E-state index contributed by atoms with van der Waals surface area (Å²) in [5.74, 6) is 0.00963. The molecule has 1 aliphatic rings. The van der Waals surface area contributed by atoms with Crippen LogP contribution in [-0.4, -0.2) is 20.4 Å². The van der Waals surface area contributed by atoms with Crippen LogP contribution in [0.4, 0.5) is 0 Å². The molecule has 0 bridgehead atoms. The lowest BCUT2D eigenvalue weighted by Crippen LogP contribution is -2.31. The molecule has 0 aromatic heterocycles. The third-order valence-corrected chi connectivity index (χ3v) is 5.97. The normalized spacial score (nSPS) is 15.7. The van der Waals surface area contributed by atoms with Crippen molar-refractivity contribution in [2.24, 2.45) is 5.92 Å². The molecule has 1 amide bonds. The molecule has 1 fully saturated rings. The molecule has 5 nitrogen and oxygen atoms in total. The zero-order valence-electron chi connectivity index (χ0n) is 15.0.